The summed E-state index contributed by atoms with van der Waals surface area (Å²) in [6.07, 6.45) is 1.43. The van der Waals surface area contributed by atoms with Gasteiger partial charge in [0.2, 0.25) is 0 Å². The zero-order chi connectivity index (χ0) is 13.2. The van der Waals surface area contributed by atoms with Crippen LogP contribution in [0.25, 0.3) is 0 Å². The summed E-state index contributed by atoms with van der Waals surface area (Å²) in [5.41, 5.74) is 0.501. The molecule has 0 aliphatic carbocycles. The zero-order valence-electron chi connectivity index (χ0n) is 9.25. The molecule has 0 fully saturated rings. The van der Waals surface area contributed by atoms with Crippen LogP contribution in [0, 0.1) is 0 Å². The lowest BCUT2D eigenvalue weighted by Gasteiger charge is -2.06. The third kappa shape index (κ3) is 2.70. The molecule has 0 amide bonds. The van der Waals surface area contributed by atoms with Gasteiger partial charge in [-0.3, -0.25) is 0 Å². The molecule has 0 saturated carbocycles. The summed E-state index contributed by atoms with van der Waals surface area (Å²) in [6.45, 7) is 0. The first-order valence-electron chi connectivity index (χ1n) is 5.11. The molecule has 0 unspecified atom stereocenters. The van der Waals surface area contributed by atoms with Crippen LogP contribution >= 0.6 is 15.9 Å². The van der Waals surface area contributed by atoms with Gasteiger partial charge in [-0.2, -0.15) is 0 Å². The van der Waals surface area contributed by atoms with E-state index in [4.69, 9.17) is 0 Å². The van der Waals surface area contributed by atoms with Gasteiger partial charge in [0.1, 0.15) is 5.75 Å². The third-order valence-corrected chi connectivity index (χ3v) is 4.85. The lowest BCUT2D eigenvalue weighted by molar-refractivity contribution is 0.471. The number of aromatic nitrogens is 1. The van der Waals surface area contributed by atoms with Crippen LogP contribution < -0.4 is 0 Å². The van der Waals surface area contributed by atoms with Crippen LogP contribution in [0.2, 0.25) is 0 Å². The van der Waals surface area contributed by atoms with E-state index in [0.29, 0.717) is 10.0 Å². The van der Waals surface area contributed by atoms with Crippen molar-refractivity contribution in [3.63, 3.8) is 0 Å². The van der Waals surface area contributed by atoms with Crippen LogP contribution in [0.4, 0.5) is 0 Å². The van der Waals surface area contributed by atoms with E-state index < -0.39 is 9.84 Å². The summed E-state index contributed by atoms with van der Waals surface area (Å²) in [5.74, 6) is -0.192. The molecule has 1 N–H and O–H groups in total. The molecular weight excluding hydrogens is 318 g/mol. The van der Waals surface area contributed by atoms with Gasteiger partial charge in [-0.1, -0.05) is 18.2 Å². The largest absolute Gasteiger partial charge is 0.507 e. The van der Waals surface area contributed by atoms with Crippen molar-refractivity contribution >= 4 is 25.8 Å². The molecule has 4 nitrogen and oxygen atoms in total. The number of nitrogens with zero attached hydrogens (tertiary/aromatic N) is 1. The Morgan fingerprint density at radius 2 is 1.94 bits per heavy atom. The number of hydrogen-bond acceptors (Lipinski definition) is 4. The van der Waals surface area contributed by atoms with Gasteiger partial charge in [0.05, 0.1) is 10.2 Å². The molecule has 0 spiro atoms. The highest BCUT2D eigenvalue weighted by molar-refractivity contribution is 9.10. The predicted octanol–water partition coefficient (Wildman–Crippen LogP) is 2.52. The number of phenolic OH excluding ortho intramolecular Hbond substituents is 1. The molecule has 0 aliphatic heterocycles. The number of sulfone groups is 1. The van der Waals surface area contributed by atoms with Crippen LogP contribution in [0.15, 0.2) is 52.1 Å². The van der Waals surface area contributed by atoms with Gasteiger partial charge in [0.25, 0.3) is 0 Å². The van der Waals surface area contributed by atoms with Gasteiger partial charge >= 0.3 is 0 Å². The minimum Gasteiger partial charge on any atom is -0.507 e. The van der Waals surface area contributed by atoms with E-state index in [1.54, 1.807) is 24.3 Å². The van der Waals surface area contributed by atoms with Gasteiger partial charge < -0.3 is 5.11 Å². The molecule has 1 heterocycles. The Kier molecular flexibility index (Phi) is 3.68. The van der Waals surface area contributed by atoms with E-state index in [9.17, 15) is 13.5 Å². The van der Waals surface area contributed by atoms with E-state index in [1.807, 2.05) is 0 Å². The van der Waals surface area contributed by atoms with Crippen molar-refractivity contribution in [2.24, 2.45) is 0 Å². The molecule has 2 rings (SSSR count). The van der Waals surface area contributed by atoms with Crippen molar-refractivity contribution in [3.8, 4) is 5.75 Å². The zero-order valence-corrected chi connectivity index (χ0v) is 11.6. The van der Waals surface area contributed by atoms with Crippen molar-refractivity contribution in [1.82, 2.24) is 4.98 Å². The minimum atomic E-state index is -3.50. The summed E-state index contributed by atoms with van der Waals surface area (Å²) in [6, 6.07) is 9.46. The average molecular weight is 328 g/mol. The molecule has 94 valence electrons. The van der Waals surface area contributed by atoms with Crippen molar-refractivity contribution in [1.29, 1.82) is 0 Å². The number of rotatable bonds is 3. The number of pyridine rings is 1. The van der Waals surface area contributed by atoms with E-state index in [0.717, 1.165) is 0 Å². The van der Waals surface area contributed by atoms with Gasteiger partial charge in [-0.25, -0.2) is 13.4 Å². The normalized spacial score (nSPS) is 11.4. The quantitative estimate of drug-likeness (QED) is 0.940. The molecule has 18 heavy (non-hydrogen) atoms. The Hall–Kier alpha value is -1.40. The molecule has 1 aromatic carbocycles. The van der Waals surface area contributed by atoms with Crippen LogP contribution in [-0.4, -0.2) is 18.5 Å². The molecule has 0 saturated heterocycles. The molecule has 0 radical (unpaired) electrons. The maximum Gasteiger partial charge on any atom is 0.199 e. The van der Waals surface area contributed by atoms with Gasteiger partial charge in [-0.05, 0) is 39.7 Å². The lowest BCUT2D eigenvalue weighted by Crippen LogP contribution is -2.07. The van der Waals surface area contributed by atoms with Crippen molar-refractivity contribution in [2.45, 2.75) is 10.8 Å². The molecule has 6 heteroatoms. The van der Waals surface area contributed by atoms with E-state index in [2.05, 4.69) is 20.9 Å². The predicted molar refractivity (Wildman–Crippen MR) is 70.9 cm³/mol. The second-order valence-corrected chi connectivity index (χ2v) is 6.41. The van der Waals surface area contributed by atoms with Crippen molar-refractivity contribution in [3.05, 3.63) is 52.6 Å². The third-order valence-electron chi connectivity index (χ3n) is 2.36. The number of halogens is 1. The highest BCUT2D eigenvalue weighted by atomic mass is 79.9. The topological polar surface area (TPSA) is 67.3 Å². The smallest absolute Gasteiger partial charge is 0.199 e. The van der Waals surface area contributed by atoms with Crippen LogP contribution in [0.3, 0.4) is 0 Å². The molecule has 0 atom stereocenters. The number of aromatic hydroxyl groups is 1. The van der Waals surface area contributed by atoms with Gasteiger partial charge in [-0.15, -0.1) is 0 Å². The Labute approximate surface area is 113 Å². The highest BCUT2D eigenvalue weighted by Gasteiger charge is 2.18. The first-order chi connectivity index (χ1) is 8.50. The maximum absolute atomic E-state index is 12.1. The summed E-state index contributed by atoms with van der Waals surface area (Å²) in [4.78, 5) is 3.83. The Balaban J connectivity index is 2.37. The van der Waals surface area contributed by atoms with Gasteiger partial charge in [0, 0.05) is 6.20 Å². The minimum absolute atomic E-state index is 0.0173. The number of phenols is 1. The summed E-state index contributed by atoms with van der Waals surface area (Å²) >= 11 is 3.17. The first-order valence-corrected chi connectivity index (χ1v) is 7.55. The standard InChI is InChI=1S/C12H10BrNO3S/c13-12-9(4-3-5-10(12)15)8-18(16,17)11-6-1-2-7-14-11/h1-7,15H,8H2. The number of benzene rings is 1. The monoisotopic (exact) mass is 327 g/mol. The molecule has 0 aliphatic rings. The van der Waals surface area contributed by atoms with Crippen LogP contribution in [0.5, 0.6) is 5.75 Å². The Morgan fingerprint density at radius 1 is 1.17 bits per heavy atom. The maximum atomic E-state index is 12.1. The summed E-state index contributed by atoms with van der Waals surface area (Å²) in [7, 11) is -3.50. The Bertz CT molecular complexity index is 656. The van der Waals surface area contributed by atoms with Crippen molar-refractivity contribution < 1.29 is 13.5 Å². The first kappa shape index (κ1) is 13.0. The average Bonchev–Trinajstić information content (AvgIpc) is 2.36. The van der Waals surface area contributed by atoms with E-state index in [-0.39, 0.29) is 16.5 Å². The summed E-state index contributed by atoms with van der Waals surface area (Å²) in [5, 5.41) is 9.54. The lowest BCUT2D eigenvalue weighted by atomic mass is 10.2. The fourth-order valence-electron chi connectivity index (χ4n) is 1.49. The molecule has 0 bridgehead atoms. The second kappa shape index (κ2) is 5.07. The fraction of sp³-hybridized carbons (Fsp3) is 0.0833. The van der Waals surface area contributed by atoms with E-state index in [1.165, 1.54) is 18.3 Å². The summed E-state index contributed by atoms with van der Waals surface area (Å²) < 4.78 is 24.6. The van der Waals surface area contributed by atoms with Crippen molar-refractivity contribution in [2.75, 3.05) is 0 Å². The van der Waals surface area contributed by atoms with Gasteiger partial charge in [0.15, 0.2) is 14.9 Å². The molecule has 1 aromatic heterocycles. The van der Waals surface area contributed by atoms with E-state index >= 15 is 0 Å². The Morgan fingerprint density at radius 3 is 2.61 bits per heavy atom. The van der Waals surface area contributed by atoms with Crippen LogP contribution in [-0.2, 0) is 15.6 Å². The highest BCUT2D eigenvalue weighted by Crippen LogP contribution is 2.29. The SMILES string of the molecule is O=S(=O)(Cc1cccc(O)c1Br)c1ccccn1. The molecule has 2 aromatic rings. The fourth-order valence-corrected chi connectivity index (χ4v) is 3.38. The van der Waals surface area contributed by atoms with Crippen LogP contribution in [0.1, 0.15) is 5.56 Å². The number of hydrogen-bond donors (Lipinski definition) is 1. The second-order valence-electron chi connectivity index (χ2n) is 3.68. The molecular formula is C12H10BrNO3S.